The van der Waals surface area contributed by atoms with Gasteiger partial charge in [0.1, 0.15) is 11.7 Å². The second kappa shape index (κ2) is 6.02. The maximum absolute atomic E-state index is 13.3. The number of imide groups is 1. The number of benzene rings is 2. The summed E-state index contributed by atoms with van der Waals surface area (Å²) in [6.45, 7) is 5.49. The first-order valence-electron chi connectivity index (χ1n) is 8.68. The fraction of sp³-hybridized carbons (Fsp3) is 0.286. The fourth-order valence-corrected chi connectivity index (χ4v) is 4.37. The van der Waals surface area contributed by atoms with Crippen LogP contribution >= 0.6 is 15.9 Å². The lowest BCUT2D eigenvalue weighted by atomic mass is 9.63. The third-order valence-electron chi connectivity index (χ3n) is 5.42. The summed E-state index contributed by atoms with van der Waals surface area (Å²) in [5.74, 6) is -2.70. The number of ether oxygens (including phenoxy) is 1. The first kappa shape index (κ1) is 17.9. The number of nitrogens with zero attached hydrogens (tertiary/aromatic N) is 1. The number of halogens is 1. The number of hydrogen-bond donors (Lipinski definition) is 0. The van der Waals surface area contributed by atoms with Gasteiger partial charge in [0.05, 0.1) is 11.1 Å². The highest BCUT2D eigenvalue weighted by Gasteiger charge is 2.59. The third kappa shape index (κ3) is 2.62. The van der Waals surface area contributed by atoms with E-state index in [1.165, 1.54) is 0 Å². The lowest BCUT2D eigenvalue weighted by Crippen LogP contribution is -2.61. The summed E-state index contributed by atoms with van der Waals surface area (Å²) in [6.07, 6.45) is 0. The number of anilines is 1. The predicted octanol–water partition coefficient (Wildman–Crippen LogP) is 3.98. The van der Waals surface area contributed by atoms with Gasteiger partial charge in [-0.25, -0.2) is 4.90 Å². The molecule has 0 spiro atoms. The molecule has 0 saturated carbocycles. The Kier molecular flexibility index (Phi) is 4.00. The van der Waals surface area contributed by atoms with Gasteiger partial charge < -0.3 is 4.74 Å². The molecule has 2 amide bonds. The van der Waals surface area contributed by atoms with Gasteiger partial charge in [-0.15, -0.1) is 0 Å². The number of fused-ring (bicyclic) bond motifs is 3. The van der Waals surface area contributed by atoms with Crippen LogP contribution in [0.1, 0.15) is 30.9 Å². The molecule has 0 bridgehead atoms. The number of rotatable bonds is 1. The molecule has 2 aromatic rings. The molecule has 5 nitrogen and oxygen atoms in total. The van der Waals surface area contributed by atoms with Crippen LogP contribution in [-0.4, -0.2) is 17.8 Å². The minimum absolute atomic E-state index is 0.321. The van der Waals surface area contributed by atoms with E-state index in [0.29, 0.717) is 17.0 Å². The van der Waals surface area contributed by atoms with Gasteiger partial charge in [0, 0.05) is 16.0 Å². The van der Waals surface area contributed by atoms with Crippen LogP contribution in [0.25, 0.3) is 0 Å². The number of piperidine rings is 1. The van der Waals surface area contributed by atoms with E-state index in [1.807, 2.05) is 25.1 Å². The number of esters is 1. The second-order valence-electron chi connectivity index (χ2n) is 7.59. The zero-order valence-corrected chi connectivity index (χ0v) is 16.7. The van der Waals surface area contributed by atoms with Crippen molar-refractivity contribution in [3.8, 4) is 5.75 Å². The molecule has 27 heavy (non-hydrogen) atoms. The summed E-state index contributed by atoms with van der Waals surface area (Å²) in [4.78, 5) is 40.4. The van der Waals surface area contributed by atoms with Crippen LogP contribution in [-0.2, 0) is 14.4 Å². The molecule has 6 heteroatoms. The summed E-state index contributed by atoms with van der Waals surface area (Å²) in [5, 5.41) is 0. The van der Waals surface area contributed by atoms with Crippen molar-refractivity contribution in [3.63, 3.8) is 0 Å². The van der Waals surface area contributed by atoms with Crippen molar-refractivity contribution in [3.05, 3.63) is 58.1 Å². The van der Waals surface area contributed by atoms with Crippen LogP contribution in [0.3, 0.4) is 0 Å². The van der Waals surface area contributed by atoms with Crippen molar-refractivity contribution < 1.29 is 19.1 Å². The monoisotopic (exact) mass is 427 g/mol. The average Bonchev–Trinajstić information content (AvgIpc) is 2.61. The van der Waals surface area contributed by atoms with Crippen LogP contribution in [0.2, 0.25) is 0 Å². The second-order valence-corrected chi connectivity index (χ2v) is 8.51. The molecule has 2 aliphatic heterocycles. The van der Waals surface area contributed by atoms with Gasteiger partial charge in [0.15, 0.2) is 0 Å². The van der Waals surface area contributed by atoms with Gasteiger partial charge in [0.2, 0.25) is 11.8 Å². The van der Waals surface area contributed by atoms with E-state index in [2.05, 4.69) is 15.9 Å². The van der Waals surface area contributed by atoms with Crippen LogP contribution in [0, 0.1) is 18.3 Å². The molecule has 0 aliphatic carbocycles. The number of aryl methyl sites for hydroxylation is 1. The molecule has 4 rings (SSSR count). The van der Waals surface area contributed by atoms with Crippen molar-refractivity contribution in [2.45, 2.75) is 26.7 Å². The number of amides is 2. The Labute approximate surface area is 165 Å². The molecule has 0 radical (unpaired) electrons. The molecule has 1 fully saturated rings. The Balaban J connectivity index is 1.88. The molecular weight excluding hydrogens is 410 g/mol. The summed E-state index contributed by atoms with van der Waals surface area (Å²) in [5.41, 5.74) is 1.22. The van der Waals surface area contributed by atoms with Crippen molar-refractivity contribution in [2.24, 2.45) is 11.3 Å². The molecule has 0 N–H and O–H groups in total. The highest BCUT2D eigenvalue weighted by molar-refractivity contribution is 9.10. The Morgan fingerprint density at radius 3 is 2.37 bits per heavy atom. The van der Waals surface area contributed by atoms with Crippen molar-refractivity contribution >= 4 is 39.4 Å². The van der Waals surface area contributed by atoms with E-state index < -0.39 is 29.1 Å². The quantitative estimate of drug-likeness (QED) is 0.299. The molecular formula is C21H18BrNO4. The number of carbonyl (C=O) groups excluding carboxylic acids is 3. The van der Waals surface area contributed by atoms with E-state index in [-0.39, 0.29) is 5.91 Å². The molecule has 2 atom stereocenters. The standard InChI is InChI=1S/C21H18BrNO4/c1-11-4-7-13(8-5-11)23-18(24)16-17(21(2,3)20(23)26)14-10-12(22)6-9-15(14)27-19(16)25/h4-10,16-17H,1-3H3/t16-,17-/m1/s1. The summed E-state index contributed by atoms with van der Waals surface area (Å²) < 4.78 is 6.24. The summed E-state index contributed by atoms with van der Waals surface area (Å²) >= 11 is 3.42. The minimum Gasteiger partial charge on any atom is -0.426 e. The van der Waals surface area contributed by atoms with Gasteiger partial charge in [-0.2, -0.15) is 0 Å². The molecule has 0 aromatic heterocycles. The maximum atomic E-state index is 13.3. The van der Waals surface area contributed by atoms with Gasteiger partial charge >= 0.3 is 5.97 Å². The summed E-state index contributed by atoms with van der Waals surface area (Å²) in [6, 6.07) is 12.4. The van der Waals surface area contributed by atoms with Gasteiger partial charge in [-0.3, -0.25) is 14.4 Å². The minimum atomic E-state index is -1.05. The van der Waals surface area contributed by atoms with Gasteiger partial charge in [-0.1, -0.05) is 47.5 Å². The topological polar surface area (TPSA) is 63.7 Å². The molecule has 0 unspecified atom stereocenters. The van der Waals surface area contributed by atoms with E-state index in [9.17, 15) is 14.4 Å². The largest absolute Gasteiger partial charge is 0.426 e. The first-order valence-corrected chi connectivity index (χ1v) is 9.47. The van der Waals surface area contributed by atoms with Crippen LogP contribution in [0.15, 0.2) is 46.9 Å². The number of hydrogen-bond acceptors (Lipinski definition) is 4. The van der Waals surface area contributed by atoms with Crippen LogP contribution in [0.5, 0.6) is 5.75 Å². The van der Waals surface area contributed by atoms with E-state index in [4.69, 9.17) is 4.74 Å². The van der Waals surface area contributed by atoms with E-state index in [0.717, 1.165) is 14.9 Å². The van der Waals surface area contributed by atoms with Gasteiger partial charge in [0.25, 0.3) is 0 Å². The molecule has 2 aromatic carbocycles. The summed E-state index contributed by atoms with van der Waals surface area (Å²) in [7, 11) is 0. The zero-order chi connectivity index (χ0) is 19.5. The van der Waals surface area contributed by atoms with Crippen LogP contribution in [0.4, 0.5) is 5.69 Å². The fourth-order valence-electron chi connectivity index (χ4n) is 3.99. The van der Waals surface area contributed by atoms with Gasteiger partial charge in [-0.05, 0) is 37.3 Å². The highest BCUT2D eigenvalue weighted by Crippen LogP contribution is 2.53. The van der Waals surface area contributed by atoms with E-state index >= 15 is 0 Å². The molecule has 2 heterocycles. The first-order chi connectivity index (χ1) is 12.7. The highest BCUT2D eigenvalue weighted by atomic mass is 79.9. The Morgan fingerprint density at radius 1 is 1.04 bits per heavy atom. The number of carbonyl (C=O) groups is 3. The molecule has 138 valence electrons. The third-order valence-corrected chi connectivity index (χ3v) is 5.91. The maximum Gasteiger partial charge on any atom is 0.324 e. The Hall–Kier alpha value is -2.47. The van der Waals surface area contributed by atoms with Crippen molar-refractivity contribution in [2.75, 3.05) is 4.90 Å². The Bertz CT molecular complexity index is 980. The Morgan fingerprint density at radius 2 is 1.70 bits per heavy atom. The van der Waals surface area contributed by atoms with E-state index in [1.54, 1.807) is 38.1 Å². The molecule has 1 saturated heterocycles. The van der Waals surface area contributed by atoms with Crippen molar-refractivity contribution in [1.29, 1.82) is 0 Å². The smallest absolute Gasteiger partial charge is 0.324 e. The van der Waals surface area contributed by atoms with Crippen molar-refractivity contribution in [1.82, 2.24) is 0 Å². The zero-order valence-electron chi connectivity index (χ0n) is 15.2. The SMILES string of the molecule is Cc1ccc(N2C(=O)[C@@H]3C(=O)Oc4ccc(Br)cc4[C@H]3C(C)(C)C2=O)cc1. The molecule has 2 aliphatic rings. The predicted molar refractivity (Wildman–Crippen MR) is 103 cm³/mol. The lowest BCUT2D eigenvalue weighted by molar-refractivity contribution is -0.154. The van der Waals surface area contributed by atoms with Crippen LogP contribution < -0.4 is 9.64 Å². The normalized spacial score (nSPS) is 23.6. The lowest BCUT2D eigenvalue weighted by Gasteiger charge is -2.47. The average molecular weight is 428 g/mol.